The van der Waals surface area contributed by atoms with Gasteiger partial charge >= 0.3 is 47.8 Å². The van der Waals surface area contributed by atoms with Crippen molar-refractivity contribution in [1.29, 1.82) is 0 Å². The molecule has 1 N–H and O–H groups in total. The van der Waals surface area contributed by atoms with Gasteiger partial charge in [0.2, 0.25) is 6.29 Å². The molecule has 0 aliphatic carbocycles. The van der Waals surface area contributed by atoms with Crippen molar-refractivity contribution in [2.24, 2.45) is 0 Å². The number of esters is 8. The molecule has 11 atom stereocenters. The van der Waals surface area contributed by atoms with E-state index in [-0.39, 0.29) is 23.5 Å². The maximum absolute atomic E-state index is 14.6. The number of nitrogens with one attached hydrogen (secondary N) is 1. The molecule has 24 heteroatoms. The molecule has 0 bridgehead atoms. The average molecular weight is 1120 g/mol. The van der Waals surface area contributed by atoms with Gasteiger partial charge in [0.05, 0.1) is 51.0 Å². The van der Waals surface area contributed by atoms with E-state index in [1.807, 2.05) is 0 Å². The van der Waals surface area contributed by atoms with E-state index in [1.54, 1.807) is 78.9 Å². The third-order valence-corrected chi connectivity index (χ3v) is 12.0. The van der Waals surface area contributed by atoms with Gasteiger partial charge < -0.3 is 71.6 Å². The van der Waals surface area contributed by atoms with E-state index in [1.165, 1.54) is 43.5 Å². The van der Waals surface area contributed by atoms with Gasteiger partial charge in [-0.15, -0.1) is 0 Å². The second-order valence-corrected chi connectivity index (χ2v) is 18.0. The molecule has 0 radical (unpaired) electrons. The summed E-state index contributed by atoms with van der Waals surface area (Å²) in [6.07, 6.45) is -16.5. The van der Waals surface area contributed by atoms with Gasteiger partial charge in [0, 0.05) is 34.6 Å². The molecule has 1 amide bonds. The van der Waals surface area contributed by atoms with E-state index < -0.39 is 147 Å². The molecule has 428 valence electrons. The molecule has 4 aromatic rings. The Bertz CT molecular complexity index is 2760. The third-order valence-electron chi connectivity index (χ3n) is 12.0. The summed E-state index contributed by atoms with van der Waals surface area (Å²) >= 11 is 0. The highest BCUT2D eigenvalue weighted by atomic mass is 16.8. The number of carbonyl (C=O) groups excluding carboxylic acids is 9. The van der Waals surface area contributed by atoms with Gasteiger partial charge in [0.25, 0.3) is 11.7 Å². The van der Waals surface area contributed by atoms with Crippen LogP contribution in [0.25, 0.3) is 0 Å². The third kappa shape index (κ3) is 17.0. The lowest BCUT2D eigenvalue weighted by atomic mass is 9.87. The van der Waals surface area contributed by atoms with Crippen LogP contribution in [0.5, 0.6) is 11.5 Å². The fourth-order valence-electron chi connectivity index (χ4n) is 8.58. The van der Waals surface area contributed by atoms with E-state index in [0.29, 0.717) is 11.3 Å². The molecule has 0 spiro atoms. The van der Waals surface area contributed by atoms with Crippen molar-refractivity contribution in [3.05, 3.63) is 132 Å². The Balaban J connectivity index is 1.53. The Morgan fingerprint density at radius 2 is 1.19 bits per heavy atom. The van der Waals surface area contributed by atoms with E-state index in [2.05, 4.69) is 5.32 Å². The summed E-state index contributed by atoms with van der Waals surface area (Å²) in [6.45, 7) is 2.20. The summed E-state index contributed by atoms with van der Waals surface area (Å²) in [7, 11) is 2.41. The van der Waals surface area contributed by atoms with Crippen molar-refractivity contribution < 1.29 is 109 Å². The molecule has 2 aliphatic heterocycles. The van der Waals surface area contributed by atoms with Gasteiger partial charge in [-0.2, -0.15) is 0 Å². The number of ether oxygens (including phenoxy) is 14. The Morgan fingerprint density at radius 1 is 0.625 bits per heavy atom. The van der Waals surface area contributed by atoms with Crippen LogP contribution in [0.3, 0.4) is 0 Å². The van der Waals surface area contributed by atoms with Crippen LogP contribution in [-0.2, 0) is 97.0 Å². The highest BCUT2D eigenvalue weighted by molar-refractivity contribution is 5.90. The summed E-state index contributed by atoms with van der Waals surface area (Å²) in [5, 5.41) is 2.52. The second-order valence-electron chi connectivity index (χ2n) is 18.0. The van der Waals surface area contributed by atoms with Gasteiger partial charge in [0.1, 0.15) is 42.5 Å². The minimum absolute atomic E-state index is 0.0616. The van der Waals surface area contributed by atoms with Crippen LogP contribution >= 0.6 is 0 Å². The van der Waals surface area contributed by atoms with E-state index >= 15 is 0 Å². The molecule has 2 heterocycles. The van der Waals surface area contributed by atoms with Gasteiger partial charge in [0.15, 0.2) is 31.0 Å². The summed E-state index contributed by atoms with van der Waals surface area (Å²) < 4.78 is 83.1. The van der Waals surface area contributed by atoms with Crippen molar-refractivity contribution in [1.82, 2.24) is 5.32 Å². The maximum atomic E-state index is 14.6. The summed E-state index contributed by atoms with van der Waals surface area (Å²) in [5.74, 6) is -11.2. The van der Waals surface area contributed by atoms with E-state index in [9.17, 15) is 43.2 Å². The van der Waals surface area contributed by atoms with Crippen molar-refractivity contribution >= 4 is 53.7 Å². The summed E-state index contributed by atoms with van der Waals surface area (Å²) in [4.78, 5) is 119. The molecule has 2 fully saturated rings. The van der Waals surface area contributed by atoms with Gasteiger partial charge in [-0.05, 0) is 54.1 Å². The fourth-order valence-corrected chi connectivity index (χ4v) is 8.58. The number of benzene rings is 4. The van der Waals surface area contributed by atoms with Crippen molar-refractivity contribution in [2.75, 3.05) is 34.0 Å². The molecule has 24 nitrogen and oxygen atoms in total. The molecule has 0 saturated carbocycles. The molecule has 2 saturated heterocycles. The van der Waals surface area contributed by atoms with Crippen LogP contribution in [0.2, 0.25) is 0 Å². The minimum atomic E-state index is -2.85. The Labute approximate surface area is 459 Å². The zero-order valence-electron chi connectivity index (χ0n) is 44.7. The lowest BCUT2D eigenvalue weighted by Crippen LogP contribution is -2.70. The first-order valence-corrected chi connectivity index (χ1v) is 24.9. The monoisotopic (exact) mass is 1120 g/mol. The van der Waals surface area contributed by atoms with Crippen LogP contribution in [0.15, 0.2) is 115 Å². The number of hydrogen-bond acceptors (Lipinski definition) is 23. The largest absolute Gasteiger partial charge is 0.497 e. The van der Waals surface area contributed by atoms with Crippen molar-refractivity contribution in [3.8, 4) is 11.5 Å². The summed E-state index contributed by atoms with van der Waals surface area (Å²) in [6, 6.07) is 29.1. The molecule has 0 unspecified atom stereocenters. The molecule has 0 aromatic heterocycles. The maximum Gasteiger partial charge on any atom is 0.366 e. The molecule has 4 aromatic carbocycles. The summed E-state index contributed by atoms with van der Waals surface area (Å²) in [5.41, 5.74) is 0.802. The first-order valence-electron chi connectivity index (χ1n) is 24.9. The minimum Gasteiger partial charge on any atom is -0.497 e. The predicted octanol–water partition coefficient (Wildman–Crippen LogP) is 3.92. The Hall–Kier alpha value is -8.45. The van der Waals surface area contributed by atoms with E-state index in [4.69, 9.17) is 66.3 Å². The number of rotatable bonds is 24. The van der Waals surface area contributed by atoms with Crippen LogP contribution in [0, 0.1) is 0 Å². The smallest absolute Gasteiger partial charge is 0.366 e. The van der Waals surface area contributed by atoms with Crippen LogP contribution in [0.1, 0.15) is 67.3 Å². The Morgan fingerprint density at radius 3 is 1.73 bits per heavy atom. The number of carbonyl (C=O) groups is 9. The molecule has 2 aliphatic rings. The predicted molar refractivity (Wildman–Crippen MR) is 271 cm³/mol. The van der Waals surface area contributed by atoms with Crippen LogP contribution in [0.4, 0.5) is 0 Å². The van der Waals surface area contributed by atoms with Crippen LogP contribution in [-0.4, -0.2) is 155 Å². The highest BCUT2D eigenvalue weighted by Crippen LogP contribution is 2.39. The van der Waals surface area contributed by atoms with Gasteiger partial charge in [-0.25, -0.2) is 14.4 Å². The lowest BCUT2D eigenvalue weighted by molar-refractivity contribution is -0.335. The SMILES string of the molecule is COC(=O)[C@@]1(OC[C@H]2O[C@@H](Oc3ccc(OC)cc3)[C@H](OC(=O)c3ccccc3)[C@@H](OCc3ccccc3)[C@H]2OC(=O)c2ccccc2)C[C@H](OC(C)=O)[C@@H](NC(=O)COC(C)=O)[C@H]([C@H](OC(C)=O)[C@@H](COC(C)=O)OC(C)=O)O1. The molecular weight excluding hydrogens is 1050 g/mol. The van der Waals surface area contributed by atoms with Crippen molar-refractivity contribution in [3.63, 3.8) is 0 Å². The van der Waals surface area contributed by atoms with E-state index in [0.717, 1.165) is 41.7 Å². The normalized spacial score (nSPS) is 23.0. The Kier molecular flexibility index (Phi) is 22.0. The topological polar surface area (TPSA) is 295 Å². The number of methoxy groups -OCH3 is 2. The standard InChI is InChI=1S/C56H61NO23/c1-32(58)69-29-43(74-35(4)61)47(75-36(5)62)49-46(57-45(63)31-70-33(2)59)42(73-34(3)60)27-56(80-49,55(66)68-7)72-30-44-48(78-52(64)38-19-13-9-14-20-38)50(71-28-37-17-11-8-12-18-37)51(79-53(65)39-21-15-10-16-22-39)54(77-44)76-41-25-23-40(67-6)24-26-41/h8-26,42-44,46-51,54H,27-31H2,1-7H3,(H,57,63)/t42-,43+,44+,46+,47+,48-,49+,50-,51+,54+,56+/m0/s1. The quantitative estimate of drug-likeness (QED) is 0.0768. The zero-order valence-corrected chi connectivity index (χ0v) is 44.7. The lowest BCUT2D eigenvalue weighted by Gasteiger charge is -2.49. The zero-order chi connectivity index (χ0) is 57.9. The highest BCUT2D eigenvalue weighted by Gasteiger charge is 2.61. The van der Waals surface area contributed by atoms with Crippen LogP contribution < -0.4 is 14.8 Å². The second kappa shape index (κ2) is 29.0. The van der Waals surface area contributed by atoms with Gasteiger partial charge in [-0.3, -0.25) is 28.8 Å². The number of hydrogen-bond donors (Lipinski definition) is 1. The molecule has 6 rings (SSSR count). The first kappa shape index (κ1) is 60.8. The molecule has 80 heavy (non-hydrogen) atoms. The fraction of sp³-hybridized carbons (Fsp3) is 0.411. The van der Waals surface area contributed by atoms with Gasteiger partial charge in [-0.1, -0.05) is 66.7 Å². The van der Waals surface area contributed by atoms with Crippen molar-refractivity contribution in [2.45, 2.75) is 115 Å². The molecular formula is C56H61NO23. The first-order chi connectivity index (χ1) is 38.3. The average Bonchev–Trinajstić information content (AvgIpc) is 3.61. The number of amides is 1.